The SMILES string of the molecule is Cc1cc(C(=O)Nc2cnc(Br)cn2)cc(C(F)(F)F)c1. The van der Waals surface area contributed by atoms with Gasteiger partial charge in [-0.15, -0.1) is 0 Å². The van der Waals surface area contributed by atoms with Crippen molar-refractivity contribution in [2.75, 3.05) is 5.32 Å². The van der Waals surface area contributed by atoms with Gasteiger partial charge in [-0.1, -0.05) is 0 Å². The maximum absolute atomic E-state index is 12.7. The molecular weight excluding hydrogens is 351 g/mol. The molecule has 0 aliphatic rings. The number of aromatic nitrogens is 2. The van der Waals surface area contributed by atoms with Crippen LogP contribution in [0.15, 0.2) is 35.2 Å². The standard InChI is InChI=1S/C13H9BrF3N3O/c1-7-2-8(4-9(3-7)13(15,16)17)12(21)20-11-6-18-10(14)5-19-11/h2-6H,1H3,(H,19,20,21). The molecule has 2 rings (SSSR count). The number of anilines is 1. The van der Waals surface area contributed by atoms with Gasteiger partial charge in [0.2, 0.25) is 0 Å². The summed E-state index contributed by atoms with van der Waals surface area (Å²) in [5.41, 5.74) is -0.613. The van der Waals surface area contributed by atoms with Crippen LogP contribution in [0, 0.1) is 6.92 Å². The molecule has 8 heteroatoms. The van der Waals surface area contributed by atoms with Crippen molar-refractivity contribution in [1.29, 1.82) is 0 Å². The Labute approximate surface area is 126 Å². The number of nitrogens with zero attached hydrogens (tertiary/aromatic N) is 2. The summed E-state index contributed by atoms with van der Waals surface area (Å²) in [6.45, 7) is 1.49. The van der Waals surface area contributed by atoms with Crippen molar-refractivity contribution in [2.24, 2.45) is 0 Å². The fourth-order valence-electron chi connectivity index (χ4n) is 1.64. The number of rotatable bonds is 2. The number of halogens is 4. The summed E-state index contributed by atoms with van der Waals surface area (Å²) in [4.78, 5) is 19.7. The molecule has 1 heterocycles. The van der Waals surface area contributed by atoms with Crippen LogP contribution < -0.4 is 5.32 Å². The molecule has 0 atom stereocenters. The van der Waals surface area contributed by atoms with E-state index in [0.29, 0.717) is 10.2 Å². The Kier molecular flexibility index (Phi) is 4.26. The van der Waals surface area contributed by atoms with E-state index in [2.05, 4.69) is 31.2 Å². The highest BCUT2D eigenvalue weighted by Gasteiger charge is 2.31. The topological polar surface area (TPSA) is 54.9 Å². The number of nitrogens with one attached hydrogen (secondary N) is 1. The molecule has 4 nitrogen and oxygen atoms in total. The molecule has 0 radical (unpaired) electrons. The van der Waals surface area contributed by atoms with Gasteiger partial charge in [0, 0.05) is 5.56 Å². The molecule has 0 saturated heterocycles. The molecule has 0 aliphatic heterocycles. The smallest absolute Gasteiger partial charge is 0.305 e. The molecule has 1 amide bonds. The molecule has 110 valence electrons. The number of carbonyl (C=O) groups is 1. The number of carbonyl (C=O) groups excluding carboxylic acids is 1. The van der Waals surface area contributed by atoms with Crippen molar-refractivity contribution in [3.05, 3.63) is 51.9 Å². The molecule has 0 bridgehead atoms. The molecule has 21 heavy (non-hydrogen) atoms. The third-order valence-electron chi connectivity index (χ3n) is 2.53. The minimum atomic E-state index is -4.50. The maximum atomic E-state index is 12.7. The first-order valence-corrected chi connectivity index (χ1v) is 6.53. The average Bonchev–Trinajstić information content (AvgIpc) is 2.39. The van der Waals surface area contributed by atoms with Gasteiger partial charge in [0.15, 0.2) is 5.82 Å². The van der Waals surface area contributed by atoms with Crippen LogP contribution in [0.3, 0.4) is 0 Å². The highest BCUT2D eigenvalue weighted by molar-refractivity contribution is 9.10. The number of aryl methyl sites for hydroxylation is 1. The fraction of sp³-hybridized carbons (Fsp3) is 0.154. The third-order valence-corrected chi connectivity index (χ3v) is 2.94. The lowest BCUT2D eigenvalue weighted by Crippen LogP contribution is -2.15. The molecule has 0 spiro atoms. The second kappa shape index (κ2) is 5.80. The van der Waals surface area contributed by atoms with Gasteiger partial charge in [-0.3, -0.25) is 4.79 Å². The highest BCUT2D eigenvalue weighted by Crippen LogP contribution is 2.30. The Bertz CT molecular complexity index is 671. The minimum Gasteiger partial charge on any atom is -0.305 e. The lowest BCUT2D eigenvalue weighted by atomic mass is 10.1. The van der Waals surface area contributed by atoms with Crippen LogP contribution in [0.4, 0.5) is 19.0 Å². The van der Waals surface area contributed by atoms with Crippen LogP contribution in [-0.4, -0.2) is 15.9 Å². The summed E-state index contributed by atoms with van der Waals surface area (Å²) in [6, 6.07) is 3.15. The molecule has 0 unspecified atom stereocenters. The Balaban J connectivity index is 2.27. The van der Waals surface area contributed by atoms with Crippen molar-refractivity contribution in [3.63, 3.8) is 0 Å². The van der Waals surface area contributed by atoms with Crippen molar-refractivity contribution in [1.82, 2.24) is 9.97 Å². The summed E-state index contributed by atoms with van der Waals surface area (Å²) in [5, 5.41) is 2.39. The van der Waals surface area contributed by atoms with Crippen molar-refractivity contribution in [3.8, 4) is 0 Å². The quantitative estimate of drug-likeness (QED) is 0.886. The first-order valence-electron chi connectivity index (χ1n) is 5.73. The monoisotopic (exact) mass is 359 g/mol. The molecule has 1 aromatic heterocycles. The Morgan fingerprint density at radius 3 is 2.48 bits per heavy atom. The van der Waals surface area contributed by atoms with Gasteiger partial charge < -0.3 is 5.32 Å². The normalized spacial score (nSPS) is 11.3. The number of hydrogen-bond donors (Lipinski definition) is 1. The highest BCUT2D eigenvalue weighted by atomic mass is 79.9. The van der Waals surface area contributed by atoms with Crippen molar-refractivity contribution in [2.45, 2.75) is 13.1 Å². The summed E-state index contributed by atoms with van der Waals surface area (Å²) in [5.74, 6) is -0.529. The summed E-state index contributed by atoms with van der Waals surface area (Å²) in [7, 11) is 0. The van der Waals surface area contributed by atoms with Gasteiger partial charge in [-0.2, -0.15) is 13.2 Å². The average molecular weight is 360 g/mol. The zero-order valence-electron chi connectivity index (χ0n) is 10.7. The van der Waals surface area contributed by atoms with Crippen molar-refractivity contribution >= 4 is 27.7 Å². The zero-order valence-corrected chi connectivity index (χ0v) is 12.3. The van der Waals surface area contributed by atoms with Crippen molar-refractivity contribution < 1.29 is 18.0 Å². The molecule has 1 N–H and O–H groups in total. The van der Waals surface area contributed by atoms with Gasteiger partial charge >= 0.3 is 6.18 Å². The van der Waals surface area contributed by atoms with E-state index in [1.165, 1.54) is 25.4 Å². The van der Waals surface area contributed by atoms with E-state index in [1.807, 2.05) is 0 Å². The van der Waals surface area contributed by atoms with E-state index in [9.17, 15) is 18.0 Å². The number of amides is 1. The first kappa shape index (κ1) is 15.4. The van der Waals surface area contributed by atoms with E-state index in [-0.39, 0.29) is 11.4 Å². The van der Waals surface area contributed by atoms with Crippen LogP contribution >= 0.6 is 15.9 Å². The van der Waals surface area contributed by atoms with Gasteiger partial charge in [0.1, 0.15) is 4.60 Å². The molecular formula is C13H9BrF3N3O. The number of alkyl halides is 3. The van der Waals surface area contributed by atoms with E-state index in [4.69, 9.17) is 0 Å². The van der Waals surface area contributed by atoms with Crippen LogP contribution in [0.2, 0.25) is 0 Å². The van der Waals surface area contributed by atoms with E-state index < -0.39 is 17.6 Å². The van der Waals surface area contributed by atoms with Gasteiger partial charge in [-0.05, 0) is 46.6 Å². The van der Waals surface area contributed by atoms with E-state index in [1.54, 1.807) is 0 Å². The second-order valence-corrected chi connectivity index (χ2v) is 5.08. The molecule has 0 saturated carbocycles. The predicted octanol–water partition coefficient (Wildman–Crippen LogP) is 3.82. The Hall–Kier alpha value is -1.96. The Morgan fingerprint density at radius 1 is 1.19 bits per heavy atom. The van der Waals surface area contributed by atoms with Crippen LogP contribution in [0.1, 0.15) is 21.5 Å². The van der Waals surface area contributed by atoms with E-state index >= 15 is 0 Å². The predicted molar refractivity (Wildman–Crippen MR) is 73.9 cm³/mol. The van der Waals surface area contributed by atoms with Crippen LogP contribution in [0.5, 0.6) is 0 Å². The molecule has 0 aliphatic carbocycles. The summed E-state index contributed by atoms with van der Waals surface area (Å²) < 4.78 is 38.7. The maximum Gasteiger partial charge on any atom is 0.416 e. The molecule has 0 fully saturated rings. The lowest BCUT2D eigenvalue weighted by Gasteiger charge is -2.10. The van der Waals surface area contributed by atoms with E-state index in [0.717, 1.165) is 12.1 Å². The van der Waals surface area contributed by atoms with Gasteiger partial charge in [0.05, 0.1) is 18.0 Å². The van der Waals surface area contributed by atoms with Crippen LogP contribution in [-0.2, 0) is 6.18 Å². The fourth-order valence-corrected chi connectivity index (χ4v) is 1.85. The van der Waals surface area contributed by atoms with Gasteiger partial charge in [0.25, 0.3) is 5.91 Å². The lowest BCUT2D eigenvalue weighted by molar-refractivity contribution is -0.137. The Morgan fingerprint density at radius 2 is 1.90 bits per heavy atom. The third kappa shape index (κ3) is 4.01. The molecule has 2 aromatic rings. The zero-order chi connectivity index (χ0) is 15.6. The first-order chi connectivity index (χ1) is 9.75. The summed E-state index contributed by atoms with van der Waals surface area (Å²) in [6.07, 6.45) is -1.84. The second-order valence-electron chi connectivity index (χ2n) is 4.26. The minimum absolute atomic E-state index is 0.0907. The van der Waals surface area contributed by atoms with Crippen LogP contribution in [0.25, 0.3) is 0 Å². The van der Waals surface area contributed by atoms with Gasteiger partial charge in [-0.25, -0.2) is 9.97 Å². The largest absolute Gasteiger partial charge is 0.416 e. The molecule has 1 aromatic carbocycles. The number of benzene rings is 1. The number of hydrogen-bond acceptors (Lipinski definition) is 3. The summed E-state index contributed by atoms with van der Waals surface area (Å²) >= 11 is 3.09.